The van der Waals surface area contributed by atoms with E-state index in [1.165, 1.54) is 17.1 Å². The molecule has 18 nitrogen and oxygen atoms in total. The lowest BCUT2D eigenvalue weighted by molar-refractivity contribution is -0.191. The topological polar surface area (TPSA) is 180 Å². The molecule has 494 valence electrons. The highest BCUT2D eigenvalue weighted by Crippen LogP contribution is 2.48. The van der Waals surface area contributed by atoms with Gasteiger partial charge in [0, 0.05) is 57.1 Å². The quantitative estimate of drug-likeness (QED) is 0.138. The Balaban J connectivity index is 0.000000128. The molecule has 0 amide bonds. The number of rotatable bonds is 7. The van der Waals surface area contributed by atoms with E-state index in [4.69, 9.17) is 120 Å². The van der Waals surface area contributed by atoms with Crippen LogP contribution in [0.3, 0.4) is 0 Å². The SMILES string of the molecule is CC1C=C(B2OC(C)(C)C(C)(C)O2)CCC12OCCO2.CC1CC(B2OC(C)(C)C(C)(C)O2)=CCC12OCCO2.Cc1nn([C@H](C)c2ccc(Cl)cc2Cl)c2nc(C3=CCC4(OCCO4)C(C)C3)cnc12.Cc1nn([C@H](C)c2ccc(Cl)cc2Cl)c2nc(Cl)cnc12. The van der Waals surface area contributed by atoms with Gasteiger partial charge < -0.3 is 47.0 Å². The van der Waals surface area contributed by atoms with Gasteiger partial charge in [-0.1, -0.05) is 109 Å². The largest absolute Gasteiger partial charge is 0.490 e. The first-order chi connectivity index (χ1) is 43.4. The Kier molecular flexibility index (Phi) is 20.1. The van der Waals surface area contributed by atoms with Crippen LogP contribution in [0.2, 0.25) is 25.2 Å². The van der Waals surface area contributed by atoms with Crippen molar-refractivity contribution < 1.29 is 47.0 Å². The van der Waals surface area contributed by atoms with Crippen molar-refractivity contribution in [3.05, 3.63) is 131 Å². The van der Waals surface area contributed by atoms with Crippen LogP contribution in [-0.4, -0.2) is 133 Å². The van der Waals surface area contributed by atoms with Crippen molar-refractivity contribution in [2.45, 2.75) is 194 Å². The van der Waals surface area contributed by atoms with Gasteiger partial charge in [-0.2, -0.15) is 10.2 Å². The molecular formula is C67H85B2Cl5N8O10. The van der Waals surface area contributed by atoms with Crippen molar-refractivity contribution in [3.63, 3.8) is 0 Å². The molecule has 5 atom stereocenters. The van der Waals surface area contributed by atoms with Crippen LogP contribution in [0.25, 0.3) is 27.9 Å². The molecule has 25 heteroatoms. The zero-order chi connectivity index (χ0) is 66.1. The summed E-state index contributed by atoms with van der Waals surface area (Å²) in [7, 11) is -0.470. The van der Waals surface area contributed by atoms with Gasteiger partial charge in [-0.3, -0.25) is 0 Å². The summed E-state index contributed by atoms with van der Waals surface area (Å²) in [6.45, 7) is 35.2. The molecule has 5 aliphatic heterocycles. The van der Waals surface area contributed by atoms with Crippen molar-refractivity contribution >= 4 is 100 Å². The van der Waals surface area contributed by atoms with Gasteiger partial charge in [0.05, 0.1) is 104 Å². The zero-order valence-corrected chi connectivity index (χ0v) is 59.2. The maximum Gasteiger partial charge on any atom is 0.490 e. The van der Waals surface area contributed by atoms with Gasteiger partial charge in [-0.05, 0) is 154 Å². The first-order valence-corrected chi connectivity index (χ1v) is 33.9. The number of nitrogens with zero attached hydrogens (tertiary/aromatic N) is 8. The lowest BCUT2D eigenvalue weighted by Crippen LogP contribution is -2.41. The van der Waals surface area contributed by atoms with Crippen LogP contribution in [0.1, 0.15) is 169 Å². The van der Waals surface area contributed by atoms with Gasteiger partial charge >= 0.3 is 14.2 Å². The van der Waals surface area contributed by atoms with Crippen molar-refractivity contribution in [2.24, 2.45) is 17.8 Å². The molecule has 4 aromatic heterocycles. The summed E-state index contributed by atoms with van der Waals surface area (Å²) in [6.07, 6.45) is 15.0. The molecule has 2 aromatic carbocycles. The second kappa shape index (κ2) is 26.7. The molecule has 5 fully saturated rings. The fraction of sp³-hybridized carbons (Fsp3) is 0.582. The molecular weight excluding hydrogens is 1280 g/mol. The van der Waals surface area contributed by atoms with Crippen molar-refractivity contribution in [1.29, 1.82) is 0 Å². The normalized spacial score (nSPS) is 25.2. The third-order valence-electron chi connectivity index (χ3n) is 20.2. The number of fused-ring (bicyclic) bond motifs is 2. The lowest BCUT2D eigenvalue weighted by atomic mass is 9.68. The van der Waals surface area contributed by atoms with Gasteiger partial charge in [-0.25, -0.2) is 29.3 Å². The van der Waals surface area contributed by atoms with Crippen LogP contribution < -0.4 is 0 Å². The minimum Gasteiger partial charge on any atom is -0.400 e. The summed E-state index contributed by atoms with van der Waals surface area (Å²) in [5.41, 5.74) is 9.74. The third-order valence-corrected chi connectivity index (χ3v) is 21.5. The summed E-state index contributed by atoms with van der Waals surface area (Å²) in [6, 6.07) is 10.7. The monoisotopic (exact) mass is 1360 g/mol. The number of halogens is 5. The van der Waals surface area contributed by atoms with Gasteiger partial charge in [0.2, 0.25) is 0 Å². The van der Waals surface area contributed by atoms with E-state index in [2.05, 4.69) is 116 Å². The van der Waals surface area contributed by atoms with E-state index in [1.807, 2.05) is 49.8 Å². The van der Waals surface area contributed by atoms with E-state index in [0.29, 0.717) is 76.5 Å². The van der Waals surface area contributed by atoms with E-state index in [1.54, 1.807) is 22.9 Å². The first kappa shape index (κ1) is 69.3. The maximum atomic E-state index is 6.47. The predicted octanol–water partition coefficient (Wildman–Crippen LogP) is 15.7. The number of aromatic nitrogens is 8. The molecule has 6 aromatic rings. The van der Waals surface area contributed by atoms with Crippen LogP contribution in [0, 0.1) is 31.6 Å². The third kappa shape index (κ3) is 13.7. The number of hydrogen-bond donors (Lipinski definition) is 0. The minimum absolute atomic E-state index is 0.112. The average molecular weight is 1360 g/mol. The molecule has 3 unspecified atom stereocenters. The summed E-state index contributed by atoms with van der Waals surface area (Å²) in [5, 5.41) is 12.0. The second-order valence-electron chi connectivity index (χ2n) is 27.4. The van der Waals surface area contributed by atoms with Crippen molar-refractivity contribution in [3.8, 4) is 0 Å². The van der Waals surface area contributed by atoms with Gasteiger partial charge in [0.15, 0.2) is 28.7 Å². The van der Waals surface area contributed by atoms with Crippen LogP contribution in [0.15, 0.2) is 78.0 Å². The molecule has 0 radical (unpaired) electrons. The summed E-state index contributed by atoms with van der Waals surface area (Å²) < 4.78 is 63.4. The number of hydrogen-bond acceptors (Lipinski definition) is 16. The Morgan fingerprint density at radius 1 is 0.533 bits per heavy atom. The van der Waals surface area contributed by atoms with Crippen LogP contribution in [0.4, 0.5) is 0 Å². The molecule has 8 aliphatic rings. The van der Waals surface area contributed by atoms with Crippen LogP contribution >= 0.6 is 58.0 Å². The highest BCUT2D eigenvalue weighted by atomic mass is 35.5. The van der Waals surface area contributed by atoms with E-state index < -0.39 is 17.4 Å². The number of ether oxygens (including phenoxy) is 6. The number of aryl methyl sites for hydroxylation is 2. The smallest absolute Gasteiger partial charge is 0.400 e. The van der Waals surface area contributed by atoms with Gasteiger partial charge in [0.25, 0.3) is 0 Å². The molecule has 0 saturated carbocycles. The highest BCUT2D eigenvalue weighted by molar-refractivity contribution is 6.55. The van der Waals surface area contributed by atoms with Gasteiger partial charge in [0.1, 0.15) is 16.2 Å². The van der Waals surface area contributed by atoms with Crippen molar-refractivity contribution in [1.82, 2.24) is 39.5 Å². The molecule has 0 N–H and O–H groups in total. The van der Waals surface area contributed by atoms with Crippen LogP contribution in [-0.2, 0) is 47.0 Å². The number of allylic oxidation sites excluding steroid dienone is 3. The molecule has 0 bridgehead atoms. The van der Waals surface area contributed by atoms with Crippen LogP contribution in [0.5, 0.6) is 0 Å². The van der Waals surface area contributed by atoms with E-state index >= 15 is 0 Å². The van der Waals surface area contributed by atoms with Crippen molar-refractivity contribution in [2.75, 3.05) is 39.6 Å². The van der Waals surface area contributed by atoms with E-state index in [0.717, 1.165) is 89.0 Å². The maximum absolute atomic E-state index is 6.47. The Morgan fingerprint density at radius 2 is 0.957 bits per heavy atom. The van der Waals surface area contributed by atoms with Gasteiger partial charge in [-0.15, -0.1) is 0 Å². The highest BCUT2D eigenvalue weighted by Gasteiger charge is 2.56. The summed E-state index contributed by atoms with van der Waals surface area (Å²) >= 11 is 30.7. The molecule has 3 spiro atoms. The van der Waals surface area contributed by atoms with E-state index in [9.17, 15) is 0 Å². The first-order valence-electron chi connectivity index (χ1n) is 32.0. The number of benzene rings is 2. The molecule has 5 saturated heterocycles. The standard InChI is InChI=1S/C23H24Cl2N4O2.2C15H25BO4.C14H11Cl3N4/c1-13-10-16(6-7-23(13)30-8-9-31-23)20-12-26-21-14(2)28-29(22(21)27-20)15(3)18-5-4-17(24)11-19(18)25;2*1-11-10-12(6-7-15(11)17-8-9-18-15)16-19-13(2,3)14(4,5)20-16;1-7-13-14(19-12(17)6-18-13)21(20-7)8(2)10-4-3-9(15)5-11(10)16/h4-6,11-13,15H,7-10H2,1-3H3;10-11H,6-9H2,1-5H3;6,11H,7-10H2,1-5H3;3-6,8H,1-2H3/t13?,15-;;;8-/m1..1/s1. The Hall–Kier alpha value is -4.06. The summed E-state index contributed by atoms with van der Waals surface area (Å²) in [4.78, 5) is 18.3. The molecule has 14 rings (SSSR count). The average Bonchev–Trinajstić information content (AvgIpc) is 1.65. The fourth-order valence-electron chi connectivity index (χ4n) is 13.1. The zero-order valence-electron chi connectivity index (χ0n) is 55.4. The predicted molar refractivity (Wildman–Crippen MR) is 361 cm³/mol. The Morgan fingerprint density at radius 3 is 1.40 bits per heavy atom. The molecule has 3 aliphatic carbocycles. The Bertz CT molecular complexity index is 3760. The molecule has 9 heterocycles. The fourth-order valence-corrected chi connectivity index (χ4v) is 14.4. The Labute approximate surface area is 566 Å². The molecule has 92 heavy (non-hydrogen) atoms. The minimum atomic E-state index is -0.487. The summed E-state index contributed by atoms with van der Waals surface area (Å²) in [5.74, 6) is -0.512. The lowest BCUT2D eigenvalue weighted by Gasteiger charge is -2.37. The second-order valence-corrected chi connectivity index (χ2v) is 29.5. The van der Waals surface area contributed by atoms with E-state index in [-0.39, 0.29) is 60.6 Å².